The first-order valence-electron chi connectivity index (χ1n) is 7.48. The predicted octanol–water partition coefficient (Wildman–Crippen LogP) is 5.14. The number of aromatic nitrogens is 1. The molecule has 3 heteroatoms. The van der Waals surface area contributed by atoms with Gasteiger partial charge in [-0.3, -0.25) is 0 Å². The van der Waals surface area contributed by atoms with E-state index in [-0.39, 0.29) is 0 Å². The number of nitrogens with zero attached hydrogens (tertiary/aromatic N) is 1. The van der Waals surface area contributed by atoms with Crippen molar-refractivity contribution in [1.29, 1.82) is 0 Å². The van der Waals surface area contributed by atoms with E-state index in [1.54, 1.807) is 0 Å². The second-order valence-corrected chi connectivity index (χ2v) is 6.20. The van der Waals surface area contributed by atoms with Gasteiger partial charge in [0, 0.05) is 17.5 Å². The van der Waals surface area contributed by atoms with Gasteiger partial charge in [0.2, 0.25) is 0 Å². The second-order valence-electron chi connectivity index (χ2n) is 5.79. The summed E-state index contributed by atoms with van der Waals surface area (Å²) >= 11 is 6.30. The molecule has 0 saturated carbocycles. The van der Waals surface area contributed by atoms with Crippen LogP contribution in [0.1, 0.15) is 30.9 Å². The first kappa shape index (κ1) is 15.0. The maximum atomic E-state index is 6.30. The van der Waals surface area contributed by atoms with Crippen LogP contribution in [0.25, 0.3) is 22.2 Å². The summed E-state index contributed by atoms with van der Waals surface area (Å²) in [5.41, 5.74) is 11.1. The minimum atomic E-state index is 0.455. The van der Waals surface area contributed by atoms with Crippen LogP contribution in [-0.2, 0) is 6.54 Å². The largest absolute Gasteiger partial charge is 0.326 e. The van der Waals surface area contributed by atoms with Crippen LogP contribution in [0.2, 0.25) is 5.02 Å². The molecule has 2 aromatic carbocycles. The van der Waals surface area contributed by atoms with Crippen molar-refractivity contribution in [3.8, 4) is 11.3 Å². The molecular formula is C19H19ClN2. The average Bonchev–Trinajstić information content (AvgIpc) is 2.54. The molecule has 0 spiro atoms. The zero-order valence-corrected chi connectivity index (χ0v) is 13.6. The minimum absolute atomic E-state index is 0.455. The highest BCUT2D eigenvalue weighted by Crippen LogP contribution is 2.30. The van der Waals surface area contributed by atoms with Gasteiger partial charge in [-0.1, -0.05) is 55.8 Å². The van der Waals surface area contributed by atoms with Gasteiger partial charge in [0.25, 0.3) is 0 Å². The Morgan fingerprint density at radius 1 is 1.09 bits per heavy atom. The Labute approximate surface area is 135 Å². The maximum Gasteiger partial charge on any atom is 0.0895 e. The molecule has 0 unspecified atom stereocenters. The molecule has 0 aliphatic carbocycles. The van der Waals surface area contributed by atoms with E-state index in [4.69, 9.17) is 22.3 Å². The van der Waals surface area contributed by atoms with E-state index in [2.05, 4.69) is 44.2 Å². The first-order valence-corrected chi connectivity index (χ1v) is 7.86. The molecule has 1 aromatic heterocycles. The zero-order valence-electron chi connectivity index (χ0n) is 12.8. The second kappa shape index (κ2) is 6.07. The van der Waals surface area contributed by atoms with Gasteiger partial charge >= 0.3 is 0 Å². The summed E-state index contributed by atoms with van der Waals surface area (Å²) in [6.07, 6.45) is 0. The van der Waals surface area contributed by atoms with Crippen LogP contribution >= 0.6 is 11.6 Å². The van der Waals surface area contributed by atoms with Gasteiger partial charge in [-0.25, -0.2) is 4.98 Å². The smallest absolute Gasteiger partial charge is 0.0895 e. The summed E-state index contributed by atoms with van der Waals surface area (Å²) in [6.45, 7) is 4.83. The van der Waals surface area contributed by atoms with Gasteiger partial charge in [0.05, 0.1) is 16.2 Å². The van der Waals surface area contributed by atoms with Crippen molar-refractivity contribution in [2.45, 2.75) is 26.3 Å². The number of halogens is 1. The summed E-state index contributed by atoms with van der Waals surface area (Å²) in [7, 11) is 0. The standard InChI is InChI=1S/C19H19ClN2/c1-12(2)13-5-3-6-14(9-13)18-16(11-21)10-15-7-4-8-17(20)19(15)22-18/h3-10,12H,11,21H2,1-2H3. The third kappa shape index (κ3) is 2.72. The Morgan fingerprint density at radius 3 is 2.59 bits per heavy atom. The van der Waals surface area contributed by atoms with Crippen molar-refractivity contribution in [2.75, 3.05) is 0 Å². The fraction of sp³-hybridized carbons (Fsp3) is 0.211. The molecule has 0 saturated heterocycles. The monoisotopic (exact) mass is 310 g/mol. The topological polar surface area (TPSA) is 38.9 Å². The molecule has 0 radical (unpaired) electrons. The molecule has 0 fully saturated rings. The van der Waals surface area contributed by atoms with Crippen LogP contribution in [0.4, 0.5) is 0 Å². The highest BCUT2D eigenvalue weighted by atomic mass is 35.5. The van der Waals surface area contributed by atoms with E-state index in [1.165, 1.54) is 5.56 Å². The number of pyridine rings is 1. The van der Waals surface area contributed by atoms with Crippen molar-refractivity contribution < 1.29 is 0 Å². The molecule has 2 nitrogen and oxygen atoms in total. The van der Waals surface area contributed by atoms with E-state index in [0.717, 1.165) is 27.7 Å². The van der Waals surface area contributed by atoms with Gasteiger partial charge in [0.15, 0.2) is 0 Å². The number of hydrogen-bond acceptors (Lipinski definition) is 2. The normalized spacial score (nSPS) is 11.3. The number of rotatable bonds is 3. The van der Waals surface area contributed by atoms with Gasteiger partial charge in [-0.05, 0) is 35.2 Å². The highest BCUT2D eigenvalue weighted by Gasteiger charge is 2.11. The molecule has 3 aromatic rings. The predicted molar refractivity (Wildman–Crippen MR) is 94.2 cm³/mol. The van der Waals surface area contributed by atoms with Gasteiger partial charge in [-0.2, -0.15) is 0 Å². The number of benzene rings is 2. The third-order valence-corrected chi connectivity index (χ3v) is 4.23. The van der Waals surface area contributed by atoms with Crippen LogP contribution in [0.15, 0.2) is 48.5 Å². The van der Waals surface area contributed by atoms with Gasteiger partial charge in [0.1, 0.15) is 0 Å². The van der Waals surface area contributed by atoms with E-state index in [0.29, 0.717) is 17.5 Å². The lowest BCUT2D eigenvalue weighted by molar-refractivity contribution is 0.867. The molecule has 1 heterocycles. The first-order chi connectivity index (χ1) is 10.6. The summed E-state index contributed by atoms with van der Waals surface area (Å²) in [6, 6.07) is 16.4. The van der Waals surface area contributed by atoms with Crippen LogP contribution in [0.5, 0.6) is 0 Å². The number of para-hydroxylation sites is 1. The van der Waals surface area contributed by atoms with Crippen molar-refractivity contribution in [2.24, 2.45) is 5.73 Å². The molecule has 0 amide bonds. The van der Waals surface area contributed by atoms with Crippen LogP contribution in [0, 0.1) is 0 Å². The quantitative estimate of drug-likeness (QED) is 0.727. The Morgan fingerprint density at radius 2 is 1.86 bits per heavy atom. The lowest BCUT2D eigenvalue weighted by Crippen LogP contribution is -2.02. The lowest BCUT2D eigenvalue weighted by atomic mass is 9.97. The van der Waals surface area contributed by atoms with Crippen LogP contribution < -0.4 is 5.73 Å². The number of hydrogen-bond donors (Lipinski definition) is 1. The average molecular weight is 311 g/mol. The summed E-state index contributed by atoms with van der Waals surface area (Å²) in [4.78, 5) is 4.80. The molecule has 0 aliphatic rings. The molecule has 22 heavy (non-hydrogen) atoms. The molecule has 3 rings (SSSR count). The molecule has 0 bridgehead atoms. The Bertz CT molecular complexity index is 825. The van der Waals surface area contributed by atoms with E-state index < -0.39 is 0 Å². The summed E-state index contributed by atoms with van der Waals surface area (Å²) in [5, 5.41) is 1.69. The molecule has 0 atom stereocenters. The number of fused-ring (bicyclic) bond motifs is 1. The summed E-state index contributed by atoms with van der Waals surface area (Å²) < 4.78 is 0. The molecule has 112 valence electrons. The van der Waals surface area contributed by atoms with E-state index >= 15 is 0 Å². The molecular weight excluding hydrogens is 292 g/mol. The molecule has 2 N–H and O–H groups in total. The Balaban J connectivity index is 2.25. The van der Waals surface area contributed by atoms with Crippen molar-refractivity contribution >= 4 is 22.5 Å². The van der Waals surface area contributed by atoms with Crippen LogP contribution in [0.3, 0.4) is 0 Å². The molecule has 0 aliphatic heterocycles. The van der Waals surface area contributed by atoms with Crippen molar-refractivity contribution in [1.82, 2.24) is 4.98 Å². The van der Waals surface area contributed by atoms with Gasteiger partial charge in [-0.15, -0.1) is 0 Å². The van der Waals surface area contributed by atoms with Gasteiger partial charge < -0.3 is 5.73 Å². The highest BCUT2D eigenvalue weighted by molar-refractivity contribution is 6.35. The lowest BCUT2D eigenvalue weighted by Gasteiger charge is -2.12. The summed E-state index contributed by atoms with van der Waals surface area (Å²) in [5.74, 6) is 0.477. The minimum Gasteiger partial charge on any atom is -0.326 e. The Hall–Kier alpha value is -1.90. The SMILES string of the molecule is CC(C)c1cccc(-c2nc3c(Cl)cccc3cc2CN)c1. The fourth-order valence-corrected chi connectivity index (χ4v) is 2.88. The fourth-order valence-electron chi connectivity index (χ4n) is 2.66. The Kier molecular flexibility index (Phi) is 4.14. The van der Waals surface area contributed by atoms with Crippen molar-refractivity contribution in [3.05, 3.63) is 64.7 Å². The van der Waals surface area contributed by atoms with E-state index in [9.17, 15) is 0 Å². The zero-order chi connectivity index (χ0) is 15.7. The van der Waals surface area contributed by atoms with Crippen molar-refractivity contribution in [3.63, 3.8) is 0 Å². The maximum absolute atomic E-state index is 6.30. The van der Waals surface area contributed by atoms with E-state index in [1.807, 2.05) is 18.2 Å². The van der Waals surface area contributed by atoms with Crippen LogP contribution in [-0.4, -0.2) is 4.98 Å². The number of nitrogens with two attached hydrogens (primary N) is 1. The third-order valence-electron chi connectivity index (χ3n) is 3.92.